The highest BCUT2D eigenvalue weighted by Gasteiger charge is 2.59. The molecule has 11 nitrogen and oxygen atoms in total. The summed E-state index contributed by atoms with van der Waals surface area (Å²) in [7, 11) is 1.68. The van der Waals surface area contributed by atoms with Crippen molar-refractivity contribution in [1.29, 1.82) is 0 Å². The van der Waals surface area contributed by atoms with Crippen LogP contribution in [0.1, 0.15) is 68.8 Å². The molecule has 4 saturated carbocycles. The van der Waals surface area contributed by atoms with E-state index < -0.39 is 4.92 Å². The minimum atomic E-state index is -0.407. The number of carbonyl (C=O) groups excluding carboxylic acids is 2. The molecule has 182 valence electrons. The molecule has 2 aromatic heterocycles. The lowest BCUT2D eigenvalue weighted by atomic mass is 9.46. The van der Waals surface area contributed by atoms with Crippen LogP contribution in [0.4, 0.5) is 11.4 Å². The molecule has 2 unspecified atom stereocenters. The van der Waals surface area contributed by atoms with Gasteiger partial charge in [0.15, 0.2) is 0 Å². The molecular formula is C23H31N7O4. The van der Waals surface area contributed by atoms with E-state index in [0.717, 1.165) is 44.9 Å². The van der Waals surface area contributed by atoms with Crippen LogP contribution in [0.5, 0.6) is 0 Å². The first-order chi connectivity index (χ1) is 16.2. The molecule has 2 aromatic rings. The highest BCUT2D eigenvalue weighted by molar-refractivity contribution is 6.02. The van der Waals surface area contributed by atoms with E-state index in [-0.39, 0.29) is 28.5 Å². The highest BCUT2D eigenvalue weighted by atomic mass is 16.6. The Bertz CT molecular complexity index is 1120. The summed E-state index contributed by atoms with van der Waals surface area (Å²) < 4.78 is 3.29. The van der Waals surface area contributed by atoms with Crippen LogP contribution in [0.2, 0.25) is 0 Å². The maximum Gasteiger partial charge on any atom is 0.307 e. The molecule has 4 bridgehead atoms. The Morgan fingerprint density at radius 1 is 1.21 bits per heavy atom. The maximum absolute atomic E-state index is 13.2. The maximum atomic E-state index is 13.2. The van der Waals surface area contributed by atoms with Gasteiger partial charge in [-0.05, 0) is 62.2 Å². The second-order valence-electron chi connectivity index (χ2n) is 10.6. The molecule has 11 heteroatoms. The number of amides is 2. The first-order valence-electron chi connectivity index (χ1n) is 12.0. The van der Waals surface area contributed by atoms with E-state index in [4.69, 9.17) is 0 Å². The van der Waals surface area contributed by atoms with Crippen LogP contribution in [-0.2, 0) is 17.4 Å². The second kappa shape index (κ2) is 8.21. The quantitative estimate of drug-likeness (QED) is 0.450. The third-order valence-corrected chi connectivity index (χ3v) is 7.92. The van der Waals surface area contributed by atoms with Gasteiger partial charge < -0.3 is 10.6 Å². The lowest BCUT2D eigenvalue weighted by molar-refractivity contribution is -0.385. The van der Waals surface area contributed by atoms with E-state index in [2.05, 4.69) is 20.8 Å². The monoisotopic (exact) mass is 469 g/mol. The van der Waals surface area contributed by atoms with Gasteiger partial charge in [-0.1, -0.05) is 6.92 Å². The Balaban J connectivity index is 1.34. The lowest BCUT2D eigenvalue weighted by Crippen LogP contribution is -2.57. The van der Waals surface area contributed by atoms with E-state index in [9.17, 15) is 19.7 Å². The standard InChI is InChI=1S/C23H31N7O4/c1-3-4-24-21(32)20-18(12-25-28(20)2)27-19(31)10-22-6-15-5-16(7-22)9-23(8-15,14-22)29-13-17(11-26-29)30(33)34/h11-13,15-16H,3-10,14H2,1-2H3,(H,24,32)(H,27,31). The van der Waals surface area contributed by atoms with Crippen LogP contribution in [0, 0.1) is 27.4 Å². The van der Waals surface area contributed by atoms with Crippen LogP contribution in [0.25, 0.3) is 0 Å². The van der Waals surface area contributed by atoms with Gasteiger partial charge in [-0.3, -0.25) is 29.1 Å². The van der Waals surface area contributed by atoms with E-state index in [1.165, 1.54) is 17.1 Å². The predicted molar refractivity (Wildman–Crippen MR) is 123 cm³/mol. The fraction of sp³-hybridized carbons (Fsp3) is 0.652. The van der Waals surface area contributed by atoms with E-state index in [1.54, 1.807) is 13.2 Å². The molecule has 2 N–H and O–H groups in total. The van der Waals surface area contributed by atoms with Crippen molar-refractivity contribution >= 4 is 23.2 Å². The first-order valence-corrected chi connectivity index (χ1v) is 12.0. The Labute approximate surface area is 197 Å². The molecule has 6 rings (SSSR count). The summed E-state index contributed by atoms with van der Waals surface area (Å²) in [5.41, 5.74) is 0.337. The van der Waals surface area contributed by atoms with Crippen molar-refractivity contribution in [2.75, 3.05) is 11.9 Å². The number of aromatic nitrogens is 4. The smallest absolute Gasteiger partial charge is 0.307 e. The van der Waals surface area contributed by atoms with E-state index in [0.29, 0.717) is 36.2 Å². The number of rotatable bonds is 8. The van der Waals surface area contributed by atoms with E-state index in [1.807, 2.05) is 11.6 Å². The average Bonchev–Trinajstić information content (AvgIpc) is 3.38. The molecule has 2 amide bonds. The third-order valence-electron chi connectivity index (χ3n) is 7.92. The summed E-state index contributed by atoms with van der Waals surface area (Å²) in [5, 5.41) is 25.6. The van der Waals surface area contributed by atoms with Crippen molar-refractivity contribution < 1.29 is 14.5 Å². The summed E-state index contributed by atoms with van der Waals surface area (Å²) >= 11 is 0. The molecule has 34 heavy (non-hydrogen) atoms. The fourth-order valence-electron chi connectivity index (χ4n) is 7.20. The zero-order valence-corrected chi connectivity index (χ0v) is 19.6. The molecule has 0 saturated heterocycles. The molecule has 4 aliphatic carbocycles. The summed E-state index contributed by atoms with van der Waals surface area (Å²) in [6, 6.07) is 0. The number of carbonyl (C=O) groups is 2. The zero-order chi connectivity index (χ0) is 24.1. The minimum absolute atomic E-state index is 0.00740. The normalized spacial score (nSPS) is 29.2. The fourth-order valence-corrected chi connectivity index (χ4v) is 7.20. The number of nitrogens with zero attached hydrogens (tertiary/aromatic N) is 5. The summed E-state index contributed by atoms with van der Waals surface area (Å²) in [5.74, 6) is 0.601. The molecule has 0 radical (unpaired) electrons. The largest absolute Gasteiger partial charge is 0.351 e. The molecule has 4 aliphatic rings. The van der Waals surface area contributed by atoms with Gasteiger partial charge in [-0.25, -0.2) is 0 Å². The van der Waals surface area contributed by atoms with Crippen LogP contribution in [0.15, 0.2) is 18.6 Å². The zero-order valence-electron chi connectivity index (χ0n) is 19.6. The number of aryl methyl sites for hydroxylation is 1. The molecule has 0 aliphatic heterocycles. The molecule has 2 heterocycles. The van der Waals surface area contributed by atoms with Gasteiger partial charge in [0.1, 0.15) is 18.1 Å². The Hall–Kier alpha value is -3.24. The van der Waals surface area contributed by atoms with Gasteiger partial charge >= 0.3 is 5.69 Å². The summed E-state index contributed by atoms with van der Waals surface area (Å²) in [6.07, 6.45) is 11.4. The summed E-state index contributed by atoms with van der Waals surface area (Å²) in [4.78, 5) is 36.6. The summed E-state index contributed by atoms with van der Waals surface area (Å²) in [6.45, 7) is 2.53. The van der Waals surface area contributed by atoms with Crippen molar-refractivity contribution in [3.63, 3.8) is 0 Å². The molecule has 0 spiro atoms. The van der Waals surface area contributed by atoms with E-state index >= 15 is 0 Å². The van der Waals surface area contributed by atoms with Crippen molar-refractivity contribution in [3.05, 3.63) is 34.4 Å². The van der Waals surface area contributed by atoms with Crippen molar-refractivity contribution in [2.24, 2.45) is 24.3 Å². The number of anilines is 1. The minimum Gasteiger partial charge on any atom is -0.351 e. The lowest BCUT2D eigenvalue weighted by Gasteiger charge is -2.61. The van der Waals surface area contributed by atoms with Gasteiger partial charge in [0.05, 0.1) is 22.3 Å². The third kappa shape index (κ3) is 3.86. The number of hydrogen-bond acceptors (Lipinski definition) is 6. The van der Waals surface area contributed by atoms with Gasteiger partial charge in [0, 0.05) is 20.0 Å². The molecule has 4 fully saturated rings. The van der Waals surface area contributed by atoms with Crippen LogP contribution in [0.3, 0.4) is 0 Å². The van der Waals surface area contributed by atoms with Crippen LogP contribution < -0.4 is 10.6 Å². The van der Waals surface area contributed by atoms with Crippen molar-refractivity contribution in [2.45, 2.75) is 63.8 Å². The Morgan fingerprint density at radius 3 is 2.59 bits per heavy atom. The van der Waals surface area contributed by atoms with Gasteiger partial charge in [-0.15, -0.1) is 0 Å². The van der Waals surface area contributed by atoms with Gasteiger partial charge in [0.25, 0.3) is 5.91 Å². The number of nitrogens with one attached hydrogen (secondary N) is 2. The predicted octanol–water partition coefficient (Wildman–Crippen LogP) is 2.99. The van der Waals surface area contributed by atoms with Crippen LogP contribution in [-0.4, -0.2) is 42.8 Å². The first kappa shape index (κ1) is 22.5. The SMILES string of the molecule is CCCNC(=O)c1c(NC(=O)CC23CC4CC(C2)CC(n2cc([N+](=O)[O-])cn2)(C4)C3)cnn1C. The van der Waals surface area contributed by atoms with Gasteiger partial charge in [0.2, 0.25) is 5.91 Å². The van der Waals surface area contributed by atoms with Gasteiger partial charge in [-0.2, -0.15) is 10.2 Å². The second-order valence-corrected chi connectivity index (χ2v) is 10.6. The Kier molecular flexibility index (Phi) is 5.44. The van der Waals surface area contributed by atoms with Crippen molar-refractivity contribution in [1.82, 2.24) is 24.9 Å². The molecule has 2 atom stereocenters. The van der Waals surface area contributed by atoms with Crippen molar-refractivity contribution in [3.8, 4) is 0 Å². The molecular weight excluding hydrogens is 438 g/mol. The average molecular weight is 470 g/mol. The molecule has 0 aromatic carbocycles. The number of hydrogen-bond donors (Lipinski definition) is 2. The number of nitro groups is 1. The Morgan fingerprint density at radius 2 is 1.94 bits per heavy atom. The van der Waals surface area contributed by atoms with Crippen LogP contribution >= 0.6 is 0 Å². The topological polar surface area (TPSA) is 137 Å². The highest BCUT2D eigenvalue weighted by Crippen LogP contribution is 2.65.